The van der Waals surface area contributed by atoms with Gasteiger partial charge in [0.15, 0.2) is 11.6 Å². The fourth-order valence-electron chi connectivity index (χ4n) is 1.94. The quantitative estimate of drug-likeness (QED) is 0.634. The number of ether oxygens (including phenoxy) is 1. The molecule has 0 fully saturated rings. The Morgan fingerprint density at radius 2 is 1.72 bits per heavy atom. The number of nitrogens with two attached hydrogens (primary N) is 1. The van der Waals surface area contributed by atoms with Crippen LogP contribution in [0.25, 0.3) is 0 Å². The number of unbranched alkanes of at least 4 members (excludes halogenated alkanes) is 7. The van der Waals surface area contributed by atoms with Gasteiger partial charge in [0.25, 0.3) is 0 Å². The predicted octanol–water partition coefficient (Wildman–Crippen LogP) is 4.18. The molecule has 0 saturated heterocycles. The van der Waals surface area contributed by atoms with E-state index in [1.807, 2.05) is 12.1 Å². The number of hydrogen-bond donors (Lipinski definition) is 1. The van der Waals surface area contributed by atoms with Crippen LogP contribution in [-0.4, -0.2) is 11.6 Å². The van der Waals surface area contributed by atoms with E-state index in [0.29, 0.717) is 11.6 Å². The second kappa shape index (κ2) is 9.75. The first kappa shape index (κ1) is 14.8. The van der Waals surface area contributed by atoms with Crippen LogP contribution in [0, 0.1) is 0 Å². The highest BCUT2D eigenvalue weighted by Gasteiger charge is 1.99. The summed E-state index contributed by atoms with van der Waals surface area (Å²) in [4.78, 5) is 3.99. The number of hydrogen-bond acceptors (Lipinski definition) is 3. The van der Waals surface area contributed by atoms with E-state index >= 15 is 0 Å². The predicted molar refractivity (Wildman–Crippen MR) is 76.8 cm³/mol. The van der Waals surface area contributed by atoms with E-state index in [2.05, 4.69) is 11.9 Å². The molecule has 0 aliphatic carbocycles. The van der Waals surface area contributed by atoms with E-state index in [0.717, 1.165) is 13.0 Å². The summed E-state index contributed by atoms with van der Waals surface area (Å²) in [6, 6.07) is 3.71. The summed E-state index contributed by atoms with van der Waals surface area (Å²) in [6.07, 6.45) is 12.2. The molecule has 0 amide bonds. The van der Waals surface area contributed by atoms with Gasteiger partial charge in [0.05, 0.1) is 6.61 Å². The van der Waals surface area contributed by atoms with Gasteiger partial charge in [0, 0.05) is 6.20 Å². The third-order valence-electron chi connectivity index (χ3n) is 3.06. The maximum atomic E-state index is 5.69. The smallest absolute Gasteiger partial charge is 0.166 e. The first-order valence-electron chi connectivity index (χ1n) is 7.18. The van der Waals surface area contributed by atoms with Crippen molar-refractivity contribution in [1.29, 1.82) is 0 Å². The van der Waals surface area contributed by atoms with E-state index in [4.69, 9.17) is 10.5 Å². The molecule has 18 heavy (non-hydrogen) atoms. The van der Waals surface area contributed by atoms with Crippen LogP contribution < -0.4 is 10.5 Å². The van der Waals surface area contributed by atoms with Crippen LogP contribution >= 0.6 is 0 Å². The first-order chi connectivity index (χ1) is 8.84. The highest BCUT2D eigenvalue weighted by atomic mass is 16.5. The standard InChI is InChI=1S/C15H26N2O/c1-2-3-4-5-6-7-8-9-13-18-14-11-10-12-17-15(14)16/h10-12H,2-9,13H2,1H3,(H2,16,17). The van der Waals surface area contributed by atoms with E-state index in [1.54, 1.807) is 6.20 Å². The number of nitrogens with zero attached hydrogens (tertiary/aromatic N) is 1. The van der Waals surface area contributed by atoms with Gasteiger partial charge in [-0.3, -0.25) is 0 Å². The molecule has 0 bridgehead atoms. The van der Waals surface area contributed by atoms with E-state index < -0.39 is 0 Å². The summed E-state index contributed by atoms with van der Waals surface area (Å²) >= 11 is 0. The Bertz CT molecular complexity index is 315. The largest absolute Gasteiger partial charge is 0.490 e. The number of nitrogen functional groups attached to an aromatic ring is 1. The van der Waals surface area contributed by atoms with Crippen molar-refractivity contribution in [1.82, 2.24) is 4.98 Å². The third kappa shape index (κ3) is 6.48. The van der Waals surface area contributed by atoms with Gasteiger partial charge in [0.2, 0.25) is 0 Å². The van der Waals surface area contributed by atoms with Crippen molar-refractivity contribution >= 4 is 5.82 Å². The summed E-state index contributed by atoms with van der Waals surface area (Å²) in [5.41, 5.74) is 5.69. The minimum Gasteiger partial charge on any atom is -0.490 e. The number of anilines is 1. The zero-order valence-corrected chi connectivity index (χ0v) is 11.5. The van der Waals surface area contributed by atoms with Crippen LogP contribution in [0.1, 0.15) is 58.3 Å². The third-order valence-corrected chi connectivity index (χ3v) is 3.06. The fraction of sp³-hybridized carbons (Fsp3) is 0.667. The fourth-order valence-corrected chi connectivity index (χ4v) is 1.94. The molecule has 3 heteroatoms. The lowest BCUT2D eigenvalue weighted by Crippen LogP contribution is -2.01. The molecule has 0 aliphatic heterocycles. The Morgan fingerprint density at radius 3 is 2.39 bits per heavy atom. The molecule has 2 N–H and O–H groups in total. The Labute approximate surface area is 111 Å². The Hall–Kier alpha value is -1.25. The molecule has 1 rings (SSSR count). The molecule has 0 aromatic carbocycles. The molecule has 0 aliphatic rings. The van der Waals surface area contributed by atoms with Crippen LogP contribution in [0.3, 0.4) is 0 Å². The highest BCUT2D eigenvalue weighted by molar-refractivity contribution is 5.44. The van der Waals surface area contributed by atoms with Gasteiger partial charge in [-0.25, -0.2) is 4.98 Å². The van der Waals surface area contributed by atoms with Gasteiger partial charge in [0.1, 0.15) is 0 Å². The molecule has 0 spiro atoms. The van der Waals surface area contributed by atoms with Crippen molar-refractivity contribution < 1.29 is 4.74 Å². The summed E-state index contributed by atoms with van der Waals surface area (Å²) in [6.45, 7) is 2.99. The molecule has 0 unspecified atom stereocenters. The van der Waals surface area contributed by atoms with Crippen molar-refractivity contribution in [3.8, 4) is 5.75 Å². The second-order valence-electron chi connectivity index (χ2n) is 4.71. The van der Waals surface area contributed by atoms with Gasteiger partial charge in [-0.1, -0.05) is 51.9 Å². The number of pyridine rings is 1. The molecule has 102 valence electrons. The maximum Gasteiger partial charge on any atom is 0.166 e. The molecule has 1 aromatic heterocycles. The topological polar surface area (TPSA) is 48.1 Å². The van der Waals surface area contributed by atoms with Crippen molar-refractivity contribution in [2.45, 2.75) is 58.3 Å². The summed E-state index contributed by atoms with van der Waals surface area (Å²) in [7, 11) is 0. The van der Waals surface area contributed by atoms with Crippen LogP contribution in [0.2, 0.25) is 0 Å². The monoisotopic (exact) mass is 250 g/mol. The molecule has 1 heterocycles. The summed E-state index contributed by atoms with van der Waals surface area (Å²) < 4.78 is 5.59. The number of rotatable bonds is 10. The van der Waals surface area contributed by atoms with Gasteiger partial charge >= 0.3 is 0 Å². The van der Waals surface area contributed by atoms with Crippen molar-refractivity contribution in [3.05, 3.63) is 18.3 Å². The van der Waals surface area contributed by atoms with Crippen molar-refractivity contribution in [2.75, 3.05) is 12.3 Å². The highest BCUT2D eigenvalue weighted by Crippen LogP contribution is 2.17. The van der Waals surface area contributed by atoms with E-state index in [9.17, 15) is 0 Å². The summed E-state index contributed by atoms with van der Waals surface area (Å²) in [5.74, 6) is 1.19. The normalized spacial score (nSPS) is 10.5. The van der Waals surface area contributed by atoms with Crippen LogP contribution in [0.5, 0.6) is 5.75 Å². The second-order valence-corrected chi connectivity index (χ2v) is 4.71. The lowest BCUT2D eigenvalue weighted by Gasteiger charge is -2.07. The van der Waals surface area contributed by atoms with Gasteiger partial charge < -0.3 is 10.5 Å². The average Bonchev–Trinajstić information content (AvgIpc) is 2.39. The Kier molecular flexibility index (Phi) is 8.02. The van der Waals surface area contributed by atoms with Crippen LogP contribution in [0.4, 0.5) is 5.82 Å². The van der Waals surface area contributed by atoms with Gasteiger partial charge in [-0.05, 0) is 18.6 Å². The van der Waals surface area contributed by atoms with E-state index in [-0.39, 0.29) is 0 Å². The van der Waals surface area contributed by atoms with Gasteiger partial charge in [-0.2, -0.15) is 0 Å². The minimum absolute atomic E-state index is 0.483. The SMILES string of the molecule is CCCCCCCCCCOc1cccnc1N. The molecule has 0 radical (unpaired) electrons. The first-order valence-corrected chi connectivity index (χ1v) is 7.18. The molecule has 3 nitrogen and oxygen atoms in total. The zero-order valence-electron chi connectivity index (χ0n) is 11.5. The van der Waals surface area contributed by atoms with Crippen molar-refractivity contribution in [2.24, 2.45) is 0 Å². The molecule has 1 aromatic rings. The maximum absolute atomic E-state index is 5.69. The number of aromatic nitrogens is 1. The molecule has 0 atom stereocenters. The minimum atomic E-state index is 0.483. The molecular formula is C15H26N2O. The average molecular weight is 250 g/mol. The Balaban J connectivity index is 1.94. The van der Waals surface area contributed by atoms with Gasteiger partial charge in [-0.15, -0.1) is 0 Å². The molecule has 0 saturated carbocycles. The Morgan fingerprint density at radius 1 is 1.06 bits per heavy atom. The summed E-state index contributed by atoms with van der Waals surface area (Å²) in [5, 5.41) is 0. The lowest BCUT2D eigenvalue weighted by atomic mass is 10.1. The lowest BCUT2D eigenvalue weighted by molar-refractivity contribution is 0.305. The molecular weight excluding hydrogens is 224 g/mol. The van der Waals surface area contributed by atoms with Crippen LogP contribution in [-0.2, 0) is 0 Å². The van der Waals surface area contributed by atoms with Crippen molar-refractivity contribution in [3.63, 3.8) is 0 Å². The zero-order chi connectivity index (χ0) is 13.1. The van der Waals surface area contributed by atoms with E-state index in [1.165, 1.54) is 44.9 Å². The van der Waals surface area contributed by atoms with Crippen LogP contribution in [0.15, 0.2) is 18.3 Å².